The van der Waals surface area contributed by atoms with Gasteiger partial charge in [-0.05, 0) is 37.6 Å². The van der Waals surface area contributed by atoms with Crippen LogP contribution < -0.4 is 5.32 Å². The number of amides is 1. The van der Waals surface area contributed by atoms with Crippen LogP contribution in [0.15, 0.2) is 41.0 Å². The number of aromatic nitrogens is 1. The average Bonchev–Trinajstić information content (AvgIpc) is 2.89. The van der Waals surface area contributed by atoms with Gasteiger partial charge in [-0.15, -0.1) is 0 Å². The molecule has 0 fully saturated rings. The Morgan fingerprint density at radius 3 is 2.95 bits per heavy atom. The highest BCUT2D eigenvalue weighted by molar-refractivity contribution is 6.29. The molecule has 0 aliphatic heterocycles. The van der Waals surface area contributed by atoms with Gasteiger partial charge in [0.05, 0.1) is 6.26 Å². The highest BCUT2D eigenvalue weighted by Crippen LogP contribution is 2.08. The number of halogens is 1. The Morgan fingerprint density at radius 2 is 2.26 bits per heavy atom. The summed E-state index contributed by atoms with van der Waals surface area (Å²) in [7, 11) is 0. The van der Waals surface area contributed by atoms with Crippen molar-refractivity contribution in [2.75, 3.05) is 0 Å². The van der Waals surface area contributed by atoms with Crippen LogP contribution in [-0.2, 0) is 6.42 Å². The van der Waals surface area contributed by atoms with Gasteiger partial charge in [0.1, 0.15) is 16.6 Å². The number of carbonyl (C=O) groups is 1. The number of rotatable bonds is 5. The summed E-state index contributed by atoms with van der Waals surface area (Å²) in [6, 6.07) is 8.80. The van der Waals surface area contributed by atoms with E-state index < -0.39 is 0 Å². The fourth-order valence-electron chi connectivity index (χ4n) is 1.72. The van der Waals surface area contributed by atoms with Crippen LogP contribution in [0.5, 0.6) is 0 Å². The van der Waals surface area contributed by atoms with Gasteiger partial charge in [0, 0.05) is 12.5 Å². The molecular formula is C14H15ClN2O2. The second-order valence-electron chi connectivity index (χ2n) is 4.34. The number of carbonyl (C=O) groups excluding carboxylic acids is 1. The maximum Gasteiger partial charge on any atom is 0.270 e. The predicted octanol–water partition coefficient (Wildman–Crippen LogP) is 3.08. The van der Waals surface area contributed by atoms with Crippen molar-refractivity contribution in [3.63, 3.8) is 0 Å². The number of pyridine rings is 1. The number of nitrogens with one attached hydrogen (secondary N) is 1. The summed E-state index contributed by atoms with van der Waals surface area (Å²) in [5.41, 5.74) is 0.331. The van der Waals surface area contributed by atoms with Crippen molar-refractivity contribution in [3.8, 4) is 0 Å². The minimum atomic E-state index is -0.213. The molecule has 0 aliphatic rings. The number of nitrogens with zero attached hydrogens (tertiary/aromatic N) is 1. The van der Waals surface area contributed by atoms with Gasteiger partial charge < -0.3 is 9.73 Å². The van der Waals surface area contributed by atoms with Gasteiger partial charge in [-0.3, -0.25) is 4.79 Å². The molecule has 2 heterocycles. The van der Waals surface area contributed by atoms with Crippen LogP contribution in [0.25, 0.3) is 0 Å². The lowest BCUT2D eigenvalue weighted by atomic mass is 10.1. The van der Waals surface area contributed by atoms with E-state index in [-0.39, 0.29) is 11.9 Å². The maximum absolute atomic E-state index is 11.9. The summed E-state index contributed by atoms with van der Waals surface area (Å²) in [6.45, 7) is 1.95. The fourth-order valence-corrected chi connectivity index (χ4v) is 1.88. The van der Waals surface area contributed by atoms with Gasteiger partial charge in [0.15, 0.2) is 0 Å². The Labute approximate surface area is 116 Å². The predicted molar refractivity (Wildman–Crippen MR) is 73.2 cm³/mol. The summed E-state index contributed by atoms with van der Waals surface area (Å²) in [4.78, 5) is 15.9. The molecule has 1 atom stereocenters. The van der Waals surface area contributed by atoms with E-state index in [1.54, 1.807) is 24.5 Å². The Kier molecular flexibility index (Phi) is 4.58. The molecule has 19 heavy (non-hydrogen) atoms. The lowest BCUT2D eigenvalue weighted by Crippen LogP contribution is -2.33. The largest absolute Gasteiger partial charge is 0.469 e. The highest BCUT2D eigenvalue weighted by Gasteiger charge is 2.11. The molecule has 5 heteroatoms. The minimum absolute atomic E-state index is 0.0402. The smallest absolute Gasteiger partial charge is 0.270 e. The van der Waals surface area contributed by atoms with Gasteiger partial charge in [0.2, 0.25) is 0 Å². The fraction of sp³-hybridized carbons (Fsp3) is 0.286. The second-order valence-corrected chi connectivity index (χ2v) is 4.73. The van der Waals surface area contributed by atoms with Crippen molar-refractivity contribution < 1.29 is 9.21 Å². The molecule has 2 rings (SSSR count). The van der Waals surface area contributed by atoms with Gasteiger partial charge in [-0.1, -0.05) is 17.7 Å². The summed E-state index contributed by atoms with van der Waals surface area (Å²) in [5.74, 6) is 0.705. The van der Waals surface area contributed by atoms with Gasteiger partial charge in [-0.2, -0.15) is 0 Å². The quantitative estimate of drug-likeness (QED) is 0.855. The first kappa shape index (κ1) is 13.6. The summed E-state index contributed by atoms with van der Waals surface area (Å²) in [6.07, 6.45) is 3.24. The van der Waals surface area contributed by atoms with E-state index in [2.05, 4.69) is 10.3 Å². The molecule has 0 bridgehead atoms. The van der Waals surface area contributed by atoms with E-state index in [4.69, 9.17) is 16.0 Å². The van der Waals surface area contributed by atoms with Crippen molar-refractivity contribution in [2.24, 2.45) is 0 Å². The van der Waals surface area contributed by atoms with Crippen LogP contribution in [0, 0.1) is 0 Å². The zero-order valence-corrected chi connectivity index (χ0v) is 11.4. The van der Waals surface area contributed by atoms with Crippen LogP contribution in [0.3, 0.4) is 0 Å². The molecule has 100 valence electrons. The molecule has 0 saturated carbocycles. The Hall–Kier alpha value is -1.81. The van der Waals surface area contributed by atoms with Crippen LogP contribution in [0.4, 0.5) is 0 Å². The van der Waals surface area contributed by atoms with Crippen LogP contribution in [0.2, 0.25) is 5.15 Å². The van der Waals surface area contributed by atoms with Gasteiger partial charge >= 0.3 is 0 Å². The van der Waals surface area contributed by atoms with E-state index in [9.17, 15) is 4.79 Å². The monoisotopic (exact) mass is 278 g/mol. The molecule has 0 radical (unpaired) electrons. The van der Waals surface area contributed by atoms with Crippen LogP contribution in [-0.4, -0.2) is 16.9 Å². The molecule has 0 saturated heterocycles. The molecule has 2 aromatic rings. The Morgan fingerprint density at radius 1 is 1.42 bits per heavy atom. The third-order valence-electron chi connectivity index (χ3n) is 2.73. The van der Waals surface area contributed by atoms with Gasteiger partial charge in [-0.25, -0.2) is 4.98 Å². The van der Waals surface area contributed by atoms with E-state index in [0.29, 0.717) is 10.8 Å². The second kappa shape index (κ2) is 6.38. The van der Waals surface area contributed by atoms with E-state index in [0.717, 1.165) is 18.6 Å². The minimum Gasteiger partial charge on any atom is -0.469 e. The number of furan rings is 1. The standard InChI is InChI=1S/C14H15ClN2O2/c1-10(7-8-11-4-3-9-19-11)16-14(18)12-5-2-6-13(15)17-12/h2-6,9-10H,7-8H2,1H3,(H,16,18). The molecular weight excluding hydrogens is 264 g/mol. The molecule has 1 amide bonds. The average molecular weight is 279 g/mol. The molecule has 0 aromatic carbocycles. The topological polar surface area (TPSA) is 55.1 Å². The highest BCUT2D eigenvalue weighted by atomic mass is 35.5. The zero-order chi connectivity index (χ0) is 13.7. The molecule has 1 N–H and O–H groups in total. The summed E-state index contributed by atoms with van der Waals surface area (Å²) < 4.78 is 5.25. The van der Waals surface area contributed by atoms with Crippen molar-refractivity contribution in [3.05, 3.63) is 53.2 Å². The normalized spacial score (nSPS) is 12.1. The maximum atomic E-state index is 11.9. The van der Waals surface area contributed by atoms with Gasteiger partial charge in [0.25, 0.3) is 5.91 Å². The van der Waals surface area contributed by atoms with Crippen molar-refractivity contribution >= 4 is 17.5 Å². The molecule has 0 spiro atoms. The number of hydrogen-bond donors (Lipinski definition) is 1. The SMILES string of the molecule is CC(CCc1ccco1)NC(=O)c1cccc(Cl)n1. The van der Waals surface area contributed by atoms with E-state index in [1.807, 2.05) is 19.1 Å². The number of hydrogen-bond acceptors (Lipinski definition) is 3. The first-order chi connectivity index (χ1) is 9.15. The summed E-state index contributed by atoms with van der Waals surface area (Å²) >= 11 is 5.75. The first-order valence-electron chi connectivity index (χ1n) is 6.11. The molecule has 1 unspecified atom stereocenters. The van der Waals surface area contributed by atoms with Crippen LogP contribution >= 0.6 is 11.6 Å². The molecule has 0 aliphatic carbocycles. The molecule has 4 nitrogen and oxygen atoms in total. The van der Waals surface area contributed by atoms with Crippen molar-refractivity contribution in [1.29, 1.82) is 0 Å². The van der Waals surface area contributed by atoms with Crippen molar-refractivity contribution in [1.82, 2.24) is 10.3 Å². The zero-order valence-electron chi connectivity index (χ0n) is 10.6. The van der Waals surface area contributed by atoms with Crippen LogP contribution in [0.1, 0.15) is 29.6 Å². The molecule has 2 aromatic heterocycles. The van der Waals surface area contributed by atoms with E-state index in [1.165, 1.54) is 0 Å². The Balaban J connectivity index is 1.84. The summed E-state index contributed by atoms with van der Waals surface area (Å²) in [5, 5.41) is 3.20. The third-order valence-corrected chi connectivity index (χ3v) is 2.94. The van der Waals surface area contributed by atoms with E-state index >= 15 is 0 Å². The lowest BCUT2D eigenvalue weighted by Gasteiger charge is -2.12. The Bertz CT molecular complexity index is 540. The number of aryl methyl sites for hydroxylation is 1. The lowest BCUT2D eigenvalue weighted by molar-refractivity contribution is 0.0933. The third kappa shape index (κ3) is 4.10. The van der Waals surface area contributed by atoms with Crippen molar-refractivity contribution in [2.45, 2.75) is 25.8 Å². The first-order valence-corrected chi connectivity index (χ1v) is 6.49.